The summed E-state index contributed by atoms with van der Waals surface area (Å²) in [7, 11) is 0. The van der Waals surface area contributed by atoms with Crippen molar-refractivity contribution in [2.45, 2.75) is 19.0 Å². The molecule has 1 aliphatic heterocycles. The number of hydrogen-bond acceptors (Lipinski definition) is 2. The molecule has 0 bridgehead atoms. The van der Waals surface area contributed by atoms with Gasteiger partial charge in [-0.3, -0.25) is 4.79 Å². The average Bonchev–Trinajstić information content (AvgIpc) is 2.59. The quantitative estimate of drug-likeness (QED) is 0.822. The summed E-state index contributed by atoms with van der Waals surface area (Å²) in [5, 5.41) is 0. The highest BCUT2D eigenvalue weighted by molar-refractivity contribution is 5.93. The second-order valence-electron chi connectivity index (χ2n) is 3.91. The van der Waals surface area contributed by atoms with Crippen molar-refractivity contribution < 1.29 is 13.6 Å². The molecule has 88 valence electrons. The summed E-state index contributed by atoms with van der Waals surface area (Å²) in [5.74, 6) is -0.229. The third-order valence-electron chi connectivity index (χ3n) is 2.58. The lowest BCUT2D eigenvalue weighted by molar-refractivity contribution is 0.0589. The van der Waals surface area contributed by atoms with Crippen LogP contribution in [0.3, 0.4) is 0 Å². The standard InChI is InChI=1S/C10H13F2N3O/c11-9(12)6-14-3-1-2-8(14)10(16)15-4-7(13)5-15/h1-3,7,9H,4-6,13H2. The third kappa shape index (κ3) is 2.06. The lowest BCUT2D eigenvalue weighted by Crippen LogP contribution is -2.58. The molecule has 1 amide bonds. The van der Waals surface area contributed by atoms with Crippen LogP contribution in [0, 0.1) is 0 Å². The molecule has 6 heteroatoms. The first-order valence-electron chi connectivity index (χ1n) is 5.06. The minimum Gasteiger partial charge on any atom is -0.338 e. The fourth-order valence-electron chi connectivity index (χ4n) is 1.76. The monoisotopic (exact) mass is 229 g/mol. The molecule has 0 unspecified atom stereocenters. The number of carbonyl (C=O) groups is 1. The highest BCUT2D eigenvalue weighted by atomic mass is 19.3. The molecule has 4 nitrogen and oxygen atoms in total. The molecule has 0 aromatic carbocycles. The van der Waals surface area contributed by atoms with Gasteiger partial charge in [-0.05, 0) is 12.1 Å². The maximum Gasteiger partial charge on any atom is 0.270 e. The molecular weight excluding hydrogens is 216 g/mol. The Morgan fingerprint density at radius 3 is 2.81 bits per heavy atom. The maximum atomic E-state index is 12.2. The first kappa shape index (κ1) is 11.1. The van der Waals surface area contributed by atoms with E-state index in [4.69, 9.17) is 5.73 Å². The summed E-state index contributed by atoms with van der Waals surface area (Å²) in [6.45, 7) is 0.547. The zero-order valence-corrected chi connectivity index (χ0v) is 8.64. The number of likely N-dealkylation sites (tertiary alicyclic amines) is 1. The first-order valence-corrected chi connectivity index (χ1v) is 5.06. The Bertz CT molecular complexity index is 385. The second kappa shape index (κ2) is 4.21. The van der Waals surface area contributed by atoms with E-state index in [-0.39, 0.29) is 11.9 Å². The van der Waals surface area contributed by atoms with Crippen LogP contribution >= 0.6 is 0 Å². The molecule has 1 aliphatic rings. The molecule has 16 heavy (non-hydrogen) atoms. The van der Waals surface area contributed by atoms with Crippen LogP contribution in [0.5, 0.6) is 0 Å². The Hall–Kier alpha value is -1.43. The van der Waals surface area contributed by atoms with Crippen LogP contribution in [0.1, 0.15) is 10.5 Å². The van der Waals surface area contributed by atoms with Crippen molar-refractivity contribution in [3.63, 3.8) is 0 Å². The molecule has 0 saturated carbocycles. The van der Waals surface area contributed by atoms with Crippen LogP contribution < -0.4 is 5.73 Å². The molecule has 1 aromatic heterocycles. The number of rotatable bonds is 3. The molecule has 1 fully saturated rings. The highest BCUT2D eigenvalue weighted by Crippen LogP contribution is 2.14. The predicted octanol–water partition coefficient (Wildman–Crippen LogP) is 0.536. The van der Waals surface area contributed by atoms with Gasteiger partial charge in [-0.15, -0.1) is 0 Å². The minimum absolute atomic E-state index is 0.0162. The molecule has 0 spiro atoms. The van der Waals surface area contributed by atoms with Crippen molar-refractivity contribution in [2.75, 3.05) is 13.1 Å². The van der Waals surface area contributed by atoms with Crippen LogP contribution in [0.2, 0.25) is 0 Å². The van der Waals surface area contributed by atoms with Gasteiger partial charge in [-0.1, -0.05) is 0 Å². The number of nitrogens with two attached hydrogens (primary N) is 1. The zero-order valence-electron chi connectivity index (χ0n) is 8.64. The van der Waals surface area contributed by atoms with E-state index >= 15 is 0 Å². The van der Waals surface area contributed by atoms with Crippen molar-refractivity contribution in [2.24, 2.45) is 5.73 Å². The number of amides is 1. The van der Waals surface area contributed by atoms with Gasteiger partial charge in [0.05, 0.1) is 6.54 Å². The van der Waals surface area contributed by atoms with Gasteiger partial charge < -0.3 is 15.2 Å². The molecule has 2 N–H and O–H groups in total. The van der Waals surface area contributed by atoms with Crippen LogP contribution in [0.25, 0.3) is 0 Å². The maximum absolute atomic E-state index is 12.2. The van der Waals surface area contributed by atoms with Crippen LogP contribution in [0.15, 0.2) is 18.3 Å². The number of nitrogens with zero attached hydrogens (tertiary/aromatic N) is 2. The van der Waals surface area contributed by atoms with Crippen molar-refractivity contribution in [3.05, 3.63) is 24.0 Å². The number of aromatic nitrogens is 1. The Morgan fingerprint density at radius 2 is 2.25 bits per heavy atom. The lowest BCUT2D eigenvalue weighted by atomic mass is 10.1. The average molecular weight is 229 g/mol. The summed E-state index contributed by atoms with van der Waals surface area (Å²) in [4.78, 5) is 13.4. The smallest absolute Gasteiger partial charge is 0.270 e. The van der Waals surface area contributed by atoms with Crippen molar-refractivity contribution in [1.82, 2.24) is 9.47 Å². The highest BCUT2D eigenvalue weighted by Gasteiger charge is 2.29. The van der Waals surface area contributed by atoms with E-state index in [1.165, 1.54) is 10.8 Å². The molecule has 2 rings (SSSR count). The predicted molar refractivity (Wildman–Crippen MR) is 54.3 cm³/mol. The van der Waals surface area contributed by atoms with E-state index in [1.54, 1.807) is 17.0 Å². The number of carbonyl (C=O) groups excluding carboxylic acids is 1. The lowest BCUT2D eigenvalue weighted by Gasteiger charge is -2.36. The van der Waals surface area contributed by atoms with Crippen LogP contribution in [-0.2, 0) is 6.54 Å². The molecule has 1 aromatic rings. The van der Waals surface area contributed by atoms with Gasteiger partial charge in [0.2, 0.25) is 0 Å². The van der Waals surface area contributed by atoms with Gasteiger partial charge >= 0.3 is 0 Å². The van der Waals surface area contributed by atoms with Gasteiger partial charge in [0.1, 0.15) is 5.69 Å². The van der Waals surface area contributed by atoms with E-state index in [0.717, 1.165) is 0 Å². The summed E-state index contributed by atoms with van der Waals surface area (Å²) >= 11 is 0. The number of hydrogen-bond donors (Lipinski definition) is 1. The van der Waals surface area contributed by atoms with E-state index in [1.807, 2.05) is 0 Å². The van der Waals surface area contributed by atoms with Gasteiger partial charge in [0.25, 0.3) is 12.3 Å². The SMILES string of the molecule is NC1CN(C(=O)c2cccn2CC(F)F)C1. The Labute approximate surface area is 91.6 Å². The van der Waals surface area contributed by atoms with Crippen molar-refractivity contribution in [1.29, 1.82) is 0 Å². The molecule has 0 atom stereocenters. The first-order chi connectivity index (χ1) is 7.58. The van der Waals surface area contributed by atoms with Crippen molar-refractivity contribution >= 4 is 5.91 Å². The second-order valence-corrected chi connectivity index (χ2v) is 3.91. The largest absolute Gasteiger partial charge is 0.338 e. The molecule has 1 saturated heterocycles. The third-order valence-corrected chi connectivity index (χ3v) is 2.58. The van der Waals surface area contributed by atoms with E-state index in [2.05, 4.69) is 0 Å². The van der Waals surface area contributed by atoms with Gasteiger partial charge in [0, 0.05) is 25.3 Å². The molecular formula is C10H13F2N3O. The molecule has 0 radical (unpaired) electrons. The van der Waals surface area contributed by atoms with E-state index in [0.29, 0.717) is 18.8 Å². The fraction of sp³-hybridized carbons (Fsp3) is 0.500. The topological polar surface area (TPSA) is 51.3 Å². The van der Waals surface area contributed by atoms with E-state index < -0.39 is 13.0 Å². The zero-order chi connectivity index (χ0) is 11.7. The number of halogens is 2. The van der Waals surface area contributed by atoms with E-state index in [9.17, 15) is 13.6 Å². The summed E-state index contributed by atoms with van der Waals surface area (Å²) in [6, 6.07) is 3.16. The summed E-state index contributed by atoms with van der Waals surface area (Å²) in [5.41, 5.74) is 5.86. The van der Waals surface area contributed by atoms with Gasteiger partial charge in [-0.25, -0.2) is 8.78 Å². The summed E-state index contributed by atoms with van der Waals surface area (Å²) in [6.07, 6.45) is -0.975. The van der Waals surface area contributed by atoms with Gasteiger partial charge in [-0.2, -0.15) is 0 Å². The normalized spacial score (nSPS) is 16.6. The Morgan fingerprint density at radius 1 is 1.56 bits per heavy atom. The van der Waals surface area contributed by atoms with Crippen molar-refractivity contribution in [3.8, 4) is 0 Å². The van der Waals surface area contributed by atoms with Gasteiger partial charge in [0.15, 0.2) is 0 Å². The molecule has 0 aliphatic carbocycles. The molecule has 2 heterocycles. The summed E-state index contributed by atoms with van der Waals surface area (Å²) < 4.78 is 25.7. The minimum atomic E-state index is -2.46. The Kier molecular flexibility index (Phi) is 2.91. The van der Waals surface area contributed by atoms with Crippen LogP contribution in [0.4, 0.5) is 8.78 Å². The van der Waals surface area contributed by atoms with Crippen LogP contribution in [-0.4, -0.2) is 40.9 Å². The number of alkyl halides is 2. The fourth-order valence-corrected chi connectivity index (χ4v) is 1.76. The Balaban J connectivity index is 2.08.